The summed E-state index contributed by atoms with van der Waals surface area (Å²) in [7, 11) is -2.43. The molecule has 1 amide bonds. The van der Waals surface area contributed by atoms with E-state index in [1.807, 2.05) is 0 Å². The second-order valence-electron chi connectivity index (χ2n) is 9.41. The van der Waals surface area contributed by atoms with Crippen molar-refractivity contribution in [2.75, 3.05) is 58.3 Å². The monoisotopic (exact) mass is 529 g/mol. The van der Waals surface area contributed by atoms with Crippen molar-refractivity contribution in [3.63, 3.8) is 0 Å². The Bertz CT molecular complexity index is 971. The maximum absolute atomic E-state index is 13.6. The molecule has 3 rings (SSSR count). The Morgan fingerprint density at radius 1 is 1.06 bits per heavy atom. The topological polar surface area (TPSA) is 113 Å². The number of nitrogens with one attached hydrogen (secondary N) is 1. The zero-order valence-corrected chi connectivity index (χ0v) is 22.6. The summed E-state index contributed by atoms with van der Waals surface area (Å²) >= 11 is 0. The predicted molar refractivity (Wildman–Crippen MR) is 138 cm³/mol. The van der Waals surface area contributed by atoms with E-state index in [2.05, 4.69) is 36.1 Å². The van der Waals surface area contributed by atoms with Crippen molar-refractivity contribution in [2.45, 2.75) is 50.2 Å². The molecule has 2 saturated heterocycles. The molecule has 0 radical (unpaired) electrons. The van der Waals surface area contributed by atoms with Crippen LogP contribution in [0.15, 0.2) is 24.3 Å². The van der Waals surface area contributed by atoms with Crippen LogP contribution < -0.4 is 10.4 Å². The SMILES string of the molecule is CCCCCc1ccc(N2CCN(S(=O)C3(C(=O)NO)CCN(S(=O)(=O)N(C)C)CC3)CC2)cc1. The number of amides is 1. The van der Waals surface area contributed by atoms with Gasteiger partial charge in [-0.25, -0.2) is 14.0 Å². The fraction of sp³-hybridized carbons (Fsp3) is 0.696. The standard InChI is InChI=1S/C23H39N5O5S2/c1-4-5-6-7-20-8-10-21(11-9-20)26-16-18-27(19-17-26)34(31)23(22(29)24-30)12-14-28(15-13-23)35(32,33)25(2)3/h8-11,30H,4-7,12-19H2,1-3H3,(H,24,29). The van der Waals surface area contributed by atoms with Crippen LogP contribution >= 0.6 is 0 Å². The predicted octanol–water partition coefficient (Wildman–Crippen LogP) is 1.35. The van der Waals surface area contributed by atoms with Crippen molar-refractivity contribution in [3.8, 4) is 0 Å². The minimum absolute atomic E-state index is 0.0598. The van der Waals surface area contributed by atoms with Gasteiger partial charge in [0.05, 0.1) is 0 Å². The molecule has 2 aliphatic rings. The number of benzene rings is 1. The van der Waals surface area contributed by atoms with Gasteiger partial charge in [-0.3, -0.25) is 10.0 Å². The third-order valence-corrected chi connectivity index (χ3v) is 11.0. The van der Waals surface area contributed by atoms with Gasteiger partial charge in [-0.2, -0.15) is 17.0 Å². The summed E-state index contributed by atoms with van der Waals surface area (Å²) in [4.78, 5) is 15.0. The van der Waals surface area contributed by atoms with Crippen molar-refractivity contribution in [1.29, 1.82) is 0 Å². The number of carbonyl (C=O) groups excluding carboxylic acids is 1. The molecule has 0 saturated carbocycles. The second-order valence-corrected chi connectivity index (χ2v) is 13.4. The van der Waals surface area contributed by atoms with E-state index in [1.165, 1.54) is 43.2 Å². The van der Waals surface area contributed by atoms with Crippen molar-refractivity contribution >= 4 is 32.8 Å². The molecular weight excluding hydrogens is 490 g/mol. The highest BCUT2D eigenvalue weighted by Gasteiger charge is 2.51. The summed E-state index contributed by atoms with van der Waals surface area (Å²) in [6.45, 7) is 4.66. The largest absolute Gasteiger partial charge is 0.369 e. The lowest BCUT2D eigenvalue weighted by Gasteiger charge is -2.43. The average molecular weight is 530 g/mol. The van der Waals surface area contributed by atoms with Crippen LogP contribution in [0.2, 0.25) is 0 Å². The van der Waals surface area contributed by atoms with Crippen LogP contribution in [0.4, 0.5) is 5.69 Å². The Labute approximate surface area is 212 Å². The van der Waals surface area contributed by atoms with Crippen LogP contribution in [-0.4, -0.2) is 94.8 Å². The number of piperidine rings is 1. The fourth-order valence-electron chi connectivity index (χ4n) is 4.70. The van der Waals surface area contributed by atoms with Gasteiger partial charge in [0.2, 0.25) is 0 Å². The lowest BCUT2D eigenvalue weighted by molar-refractivity contribution is -0.133. The van der Waals surface area contributed by atoms with E-state index in [-0.39, 0.29) is 25.9 Å². The normalized spacial score (nSPS) is 20.7. The van der Waals surface area contributed by atoms with E-state index in [1.54, 1.807) is 9.79 Å². The minimum Gasteiger partial charge on any atom is -0.369 e. The molecule has 2 fully saturated rings. The summed E-state index contributed by atoms with van der Waals surface area (Å²) < 4.78 is 41.4. The van der Waals surface area contributed by atoms with E-state index < -0.39 is 31.8 Å². The summed E-state index contributed by atoms with van der Waals surface area (Å²) in [5, 5.41) is 9.39. The van der Waals surface area contributed by atoms with Gasteiger partial charge >= 0.3 is 0 Å². The van der Waals surface area contributed by atoms with E-state index >= 15 is 0 Å². The summed E-state index contributed by atoms with van der Waals surface area (Å²) in [6.07, 6.45) is 4.86. The first-order chi connectivity index (χ1) is 16.7. The van der Waals surface area contributed by atoms with E-state index in [4.69, 9.17) is 0 Å². The Morgan fingerprint density at radius 3 is 2.17 bits per heavy atom. The van der Waals surface area contributed by atoms with Gasteiger partial charge in [0.25, 0.3) is 16.1 Å². The lowest BCUT2D eigenvalue weighted by Crippen LogP contribution is -2.62. The molecule has 0 spiro atoms. The first-order valence-electron chi connectivity index (χ1n) is 12.3. The maximum atomic E-state index is 13.6. The molecule has 10 nitrogen and oxygen atoms in total. The molecule has 35 heavy (non-hydrogen) atoms. The first kappa shape index (κ1) is 28.0. The summed E-state index contributed by atoms with van der Waals surface area (Å²) in [6, 6.07) is 8.61. The number of carbonyl (C=O) groups is 1. The van der Waals surface area contributed by atoms with E-state index in [0.717, 1.165) is 16.4 Å². The molecule has 12 heteroatoms. The second kappa shape index (κ2) is 12.1. The van der Waals surface area contributed by atoms with Crippen LogP contribution in [0, 0.1) is 0 Å². The molecule has 1 aromatic carbocycles. The van der Waals surface area contributed by atoms with Crippen molar-refractivity contribution in [1.82, 2.24) is 18.4 Å². The zero-order chi connectivity index (χ0) is 25.6. The molecule has 0 bridgehead atoms. The fourth-order valence-corrected chi connectivity index (χ4v) is 7.53. The minimum atomic E-state index is -3.63. The molecule has 2 N–H and O–H groups in total. The number of hydrogen-bond donors (Lipinski definition) is 2. The highest BCUT2D eigenvalue weighted by atomic mass is 32.2. The van der Waals surface area contributed by atoms with Crippen LogP contribution in [-0.2, 0) is 32.4 Å². The number of anilines is 1. The molecule has 198 valence electrons. The van der Waals surface area contributed by atoms with Gasteiger partial charge in [0.15, 0.2) is 0 Å². The van der Waals surface area contributed by atoms with Gasteiger partial charge in [0.1, 0.15) is 15.7 Å². The third kappa shape index (κ3) is 6.23. The van der Waals surface area contributed by atoms with Gasteiger partial charge in [-0.1, -0.05) is 31.9 Å². The molecule has 2 aliphatic heterocycles. The van der Waals surface area contributed by atoms with Crippen LogP contribution in [0.5, 0.6) is 0 Å². The highest BCUT2D eigenvalue weighted by molar-refractivity contribution is 7.86. The third-order valence-electron chi connectivity index (χ3n) is 7.01. The number of rotatable bonds is 10. The number of unbranched alkanes of at least 4 members (excludes halogenated alkanes) is 2. The van der Waals surface area contributed by atoms with Gasteiger partial charge < -0.3 is 4.90 Å². The number of aryl methyl sites for hydroxylation is 1. The van der Waals surface area contributed by atoms with Crippen molar-refractivity contribution in [3.05, 3.63) is 29.8 Å². The summed E-state index contributed by atoms with van der Waals surface area (Å²) in [5.41, 5.74) is 4.14. The highest BCUT2D eigenvalue weighted by Crippen LogP contribution is 2.33. The molecule has 2 heterocycles. The molecular formula is C23H39N5O5S2. The van der Waals surface area contributed by atoms with Gasteiger partial charge in [-0.15, -0.1) is 0 Å². The molecule has 0 aliphatic carbocycles. The average Bonchev–Trinajstić information content (AvgIpc) is 2.88. The number of piperazine rings is 1. The van der Waals surface area contributed by atoms with Crippen LogP contribution in [0.1, 0.15) is 44.6 Å². The van der Waals surface area contributed by atoms with Crippen molar-refractivity contribution < 1.29 is 22.6 Å². The smallest absolute Gasteiger partial charge is 0.281 e. The Hall–Kier alpha value is -1.57. The number of nitrogens with zero attached hydrogens (tertiary/aromatic N) is 4. The number of hydroxylamine groups is 1. The Kier molecular flexibility index (Phi) is 9.69. The van der Waals surface area contributed by atoms with Gasteiger partial charge in [0, 0.05) is 59.1 Å². The van der Waals surface area contributed by atoms with Gasteiger partial charge in [-0.05, 0) is 43.4 Å². The van der Waals surface area contributed by atoms with Crippen LogP contribution in [0.3, 0.4) is 0 Å². The zero-order valence-electron chi connectivity index (χ0n) is 21.0. The van der Waals surface area contributed by atoms with Crippen LogP contribution in [0.25, 0.3) is 0 Å². The maximum Gasteiger partial charge on any atom is 0.281 e. The first-order valence-corrected chi connectivity index (χ1v) is 14.8. The number of hydrogen-bond acceptors (Lipinski definition) is 6. The van der Waals surface area contributed by atoms with E-state index in [9.17, 15) is 22.6 Å². The molecule has 0 aromatic heterocycles. The molecule has 1 aromatic rings. The van der Waals surface area contributed by atoms with E-state index in [0.29, 0.717) is 26.2 Å². The Balaban J connectivity index is 1.63. The molecule has 1 unspecified atom stereocenters. The van der Waals surface area contributed by atoms with Crippen molar-refractivity contribution in [2.24, 2.45) is 0 Å². The molecule has 1 atom stereocenters. The quantitative estimate of drug-likeness (QED) is 0.269. The lowest BCUT2D eigenvalue weighted by atomic mass is 9.96. The summed E-state index contributed by atoms with van der Waals surface area (Å²) in [5.74, 6) is -0.723. The Morgan fingerprint density at radius 2 is 1.66 bits per heavy atom.